The number of rotatable bonds is 7. The van der Waals surface area contributed by atoms with E-state index in [0.29, 0.717) is 22.8 Å². The zero-order chi connectivity index (χ0) is 26.9. The van der Waals surface area contributed by atoms with Gasteiger partial charge in [-0.05, 0) is 56.1 Å². The van der Waals surface area contributed by atoms with Crippen molar-refractivity contribution < 1.29 is 8.78 Å². The van der Waals surface area contributed by atoms with Gasteiger partial charge >= 0.3 is 0 Å². The van der Waals surface area contributed by atoms with Crippen LogP contribution in [0.1, 0.15) is 49.9 Å². The monoisotopic (exact) mass is 531 g/mol. The summed E-state index contributed by atoms with van der Waals surface area (Å²) < 4.78 is 32.4. The van der Waals surface area contributed by atoms with E-state index in [0.717, 1.165) is 75.1 Å². The Bertz CT molecular complexity index is 1450. The third-order valence-electron chi connectivity index (χ3n) is 8.19. The molecule has 0 unspecified atom stereocenters. The van der Waals surface area contributed by atoms with E-state index in [1.54, 1.807) is 0 Å². The number of aryl methyl sites for hydroxylation is 1. The minimum absolute atomic E-state index is 0.0629. The molecule has 1 saturated carbocycles. The molecule has 0 bridgehead atoms. The third kappa shape index (κ3) is 5.38. The first-order valence-corrected chi connectivity index (χ1v) is 14.0. The number of nitrogens with zero attached hydrogens (tertiary/aromatic N) is 6. The number of benzene rings is 1. The van der Waals surface area contributed by atoms with E-state index >= 15 is 4.39 Å². The molecule has 6 rings (SSSR count). The number of piperazine rings is 1. The number of nitrogens with one attached hydrogen (secondary N) is 1. The number of likely N-dealkylation sites (N-methyl/N-ethyl adjacent to an activating group) is 1. The summed E-state index contributed by atoms with van der Waals surface area (Å²) in [6.07, 6.45) is 7.47. The van der Waals surface area contributed by atoms with Crippen LogP contribution in [0.15, 0.2) is 42.7 Å². The second kappa shape index (κ2) is 11.0. The molecule has 3 aromatic heterocycles. The van der Waals surface area contributed by atoms with Crippen LogP contribution >= 0.6 is 0 Å². The van der Waals surface area contributed by atoms with E-state index in [1.807, 2.05) is 37.4 Å². The highest BCUT2D eigenvalue weighted by Crippen LogP contribution is 2.37. The van der Waals surface area contributed by atoms with Crippen LogP contribution in [0, 0.1) is 18.6 Å². The van der Waals surface area contributed by atoms with Crippen LogP contribution in [-0.4, -0.2) is 62.0 Å². The van der Waals surface area contributed by atoms with Crippen LogP contribution in [0.4, 0.5) is 20.5 Å². The van der Waals surface area contributed by atoms with Crippen molar-refractivity contribution in [3.8, 4) is 11.3 Å². The fraction of sp³-hybridized carbons (Fsp3) is 0.433. The summed E-state index contributed by atoms with van der Waals surface area (Å²) in [5.41, 5.74) is 3.40. The Hall–Kier alpha value is -3.43. The molecule has 1 saturated heterocycles. The molecular formula is C30H35F2N7. The number of hydrogen-bond acceptors (Lipinski definition) is 6. The highest BCUT2D eigenvalue weighted by atomic mass is 19.1. The third-order valence-corrected chi connectivity index (χ3v) is 8.19. The standard InChI is InChI=1S/C30H35F2N7/c1-3-37-10-12-38(13-11-37)19-21-8-9-28(33-17-21)35-30-34-18-26(32)29(36-30)22-15-25(31)24-14-20(2)39(27(24)16-22)23-6-4-5-7-23/h8-9,14-18,23H,3-7,10-13,19H2,1-2H3,(H,33,34,35,36). The van der Waals surface area contributed by atoms with Crippen molar-refractivity contribution in [2.75, 3.05) is 38.0 Å². The molecule has 9 heteroatoms. The van der Waals surface area contributed by atoms with Gasteiger partial charge in [0, 0.05) is 61.6 Å². The highest BCUT2D eigenvalue weighted by Gasteiger charge is 2.23. The second-order valence-corrected chi connectivity index (χ2v) is 10.8. The van der Waals surface area contributed by atoms with E-state index < -0.39 is 5.82 Å². The van der Waals surface area contributed by atoms with Gasteiger partial charge in [0.2, 0.25) is 5.95 Å². The number of halogens is 2. The summed E-state index contributed by atoms with van der Waals surface area (Å²) in [7, 11) is 0. The molecule has 1 N–H and O–H groups in total. The van der Waals surface area contributed by atoms with Gasteiger partial charge in [0.05, 0.1) is 11.7 Å². The van der Waals surface area contributed by atoms with Gasteiger partial charge in [-0.15, -0.1) is 0 Å². The Morgan fingerprint density at radius 1 is 0.923 bits per heavy atom. The van der Waals surface area contributed by atoms with Gasteiger partial charge in [0.1, 0.15) is 17.3 Å². The molecule has 4 heterocycles. The number of pyridine rings is 1. The summed E-state index contributed by atoms with van der Waals surface area (Å²) in [6, 6.07) is 9.37. The first kappa shape index (κ1) is 25.8. The van der Waals surface area contributed by atoms with Crippen LogP contribution in [0.2, 0.25) is 0 Å². The molecule has 2 aliphatic rings. The fourth-order valence-corrected chi connectivity index (χ4v) is 6.06. The molecular weight excluding hydrogens is 496 g/mol. The first-order valence-electron chi connectivity index (χ1n) is 14.0. The van der Waals surface area contributed by atoms with Crippen LogP contribution < -0.4 is 5.32 Å². The lowest BCUT2D eigenvalue weighted by Gasteiger charge is -2.33. The summed E-state index contributed by atoms with van der Waals surface area (Å²) in [5, 5.41) is 3.64. The predicted molar refractivity (Wildman–Crippen MR) is 150 cm³/mol. The van der Waals surface area contributed by atoms with Gasteiger partial charge in [-0.25, -0.2) is 23.7 Å². The first-order chi connectivity index (χ1) is 19.0. The summed E-state index contributed by atoms with van der Waals surface area (Å²) >= 11 is 0. The van der Waals surface area contributed by atoms with Crippen LogP contribution in [-0.2, 0) is 6.54 Å². The van der Waals surface area contributed by atoms with Crippen molar-refractivity contribution in [2.45, 2.75) is 52.1 Å². The minimum atomic E-state index is -0.596. The molecule has 0 atom stereocenters. The molecule has 1 aromatic carbocycles. The Morgan fingerprint density at radius 3 is 2.41 bits per heavy atom. The highest BCUT2D eigenvalue weighted by molar-refractivity contribution is 5.87. The van der Waals surface area contributed by atoms with E-state index in [1.165, 1.54) is 18.9 Å². The van der Waals surface area contributed by atoms with Gasteiger partial charge in [0.15, 0.2) is 5.82 Å². The van der Waals surface area contributed by atoms with Crippen molar-refractivity contribution in [2.24, 2.45) is 0 Å². The van der Waals surface area contributed by atoms with E-state index in [4.69, 9.17) is 0 Å². The quantitative estimate of drug-likeness (QED) is 0.312. The molecule has 39 heavy (non-hydrogen) atoms. The zero-order valence-electron chi connectivity index (χ0n) is 22.6. The van der Waals surface area contributed by atoms with Crippen molar-refractivity contribution >= 4 is 22.7 Å². The maximum Gasteiger partial charge on any atom is 0.229 e. The molecule has 1 aliphatic heterocycles. The molecule has 0 amide bonds. The average Bonchev–Trinajstić information content (AvgIpc) is 3.59. The predicted octanol–water partition coefficient (Wildman–Crippen LogP) is 6.08. The topological polar surface area (TPSA) is 62.1 Å². The smallest absolute Gasteiger partial charge is 0.229 e. The summed E-state index contributed by atoms with van der Waals surface area (Å²) in [6.45, 7) is 10.5. The van der Waals surface area contributed by atoms with Gasteiger partial charge in [-0.3, -0.25) is 4.90 Å². The number of aromatic nitrogens is 4. The lowest BCUT2D eigenvalue weighted by Crippen LogP contribution is -2.45. The van der Waals surface area contributed by atoms with E-state index in [2.05, 4.69) is 41.6 Å². The minimum Gasteiger partial charge on any atom is -0.342 e. The SMILES string of the molecule is CCN1CCN(Cc2ccc(Nc3ncc(F)c(-c4cc(F)c5cc(C)n(C6CCCC6)c5c4)n3)nc2)CC1. The lowest BCUT2D eigenvalue weighted by molar-refractivity contribution is 0.132. The number of hydrogen-bond donors (Lipinski definition) is 1. The van der Waals surface area contributed by atoms with Gasteiger partial charge in [0.25, 0.3) is 0 Å². The van der Waals surface area contributed by atoms with Crippen molar-refractivity contribution in [3.63, 3.8) is 0 Å². The maximum absolute atomic E-state index is 15.2. The van der Waals surface area contributed by atoms with E-state index in [9.17, 15) is 4.39 Å². The Labute approximate surface area is 227 Å². The fourth-order valence-electron chi connectivity index (χ4n) is 6.06. The van der Waals surface area contributed by atoms with Gasteiger partial charge < -0.3 is 14.8 Å². The Kier molecular flexibility index (Phi) is 7.27. The molecule has 204 valence electrons. The van der Waals surface area contributed by atoms with Gasteiger partial charge in [-0.2, -0.15) is 0 Å². The Morgan fingerprint density at radius 2 is 1.69 bits per heavy atom. The van der Waals surface area contributed by atoms with Crippen LogP contribution in [0.5, 0.6) is 0 Å². The van der Waals surface area contributed by atoms with Crippen molar-refractivity contribution in [1.29, 1.82) is 0 Å². The number of fused-ring (bicyclic) bond motifs is 1. The molecule has 1 aliphatic carbocycles. The number of anilines is 2. The maximum atomic E-state index is 15.2. The zero-order valence-corrected chi connectivity index (χ0v) is 22.6. The van der Waals surface area contributed by atoms with Crippen LogP contribution in [0.25, 0.3) is 22.2 Å². The Balaban J connectivity index is 1.22. The average molecular weight is 532 g/mol. The largest absolute Gasteiger partial charge is 0.342 e. The normalized spacial score (nSPS) is 17.3. The van der Waals surface area contributed by atoms with Crippen molar-refractivity contribution in [1.82, 2.24) is 29.3 Å². The molecule has 0 radical (unpaired) electrons. The molecule has 7 nitrogen and oxygen atoms in total. The van der Waals surface area contributed by atoms with Crippen molar-refractivity contribution in [3.05, 3.63) is 65.6 Å². The summed E-state index contributed by atoms with van der Waals surface area (Å²) in [5.74, 6) is -0.186. The van der Waals surface area contributed by atoms with E-state index in [-0.39, 0.29) is 17.5 Å². The van der Waals surface area contributed by atoms with Crippen LogP contribution in [0.3, 0.4) is 0 Å². The molecule has 4 aromatic rings. The van der Waals surface area contributed by atoms with Gasteiger partial charge in [-0.1, -0.05) is 25.8 Å². The summed E-state index contributed by atoms with van der Waals surface area (Å²) in [4.78, 5) is 18.0. The molecule has 2 fully saturated rings. The lowest BCUT2D eigenvalue weighted by atomic mass is 10.1. The molecule has 0 spiro atoms. The second-order valence-electron chi connectivity index (χ2n) is 10.8.